The van der Waals surface area contributed by atoms with E-state index in [9.17, 15) is 0 Å². The first-order valence-corrected chi connectivity index (χ1v) is 19.5. The van der Waals surface area contributed by atoms with E-state index in [1.807, 2.05) is 23.5 Å². The molecule has 0 aliphatic rings. The lowest BCUT2D eigenvalue weighted by atomic mass is 10.00. The van der Waals surface area contributed by atoms with E-state index in [1.165, 1.54) is 53.2 Å². The van der Waals surface area contributed by atoms with Crippen LogP contribution in [-0.2, 0) is 0 Å². The van der Waals surface area contributed by atoms with Gasteiger partial charge in [0.1, 0.15) is 11.2 Å². The Hall–Kier alpha value is -6.94. The molecule has 0 radical (unpaired) electrons. The summed E-state index contributed by atoms with van der Waals surface area (Å²) < 4.78 is 9.01. The number of benzene rings is 9. The van der Waals surface area contributed by atoms with Gasteiger partial charge in [-0.05, 0) is 81.1 Å². The third kappa shape index (κ3) is 5.32. The summed E-state index contributed by atoms with van der Waals surface area (Å²) in [6.45, 7) is 0. The van der Waals surface area contributed by atoms with Crippen LogP contribution in [0.1, 0.15) is 0 Å². The summed E-state index contributed by atoms with van der Waals surface area (Å²) >= 11 is 1.88. The van der Waals surface area contributed by atoms with E-state index < -0.39 is 0 Å². The molecule has 0 fully saturated rings. The van der Waals surface area contributed by atoms with Crippen molar-refractivity contribution >= 4 is 81.3 Å². The number of anilines is 3. The van der Waals surface area contributed by atoms with Gasteiger partial charge in [-0.25, -0.2) is 0 Å². The Morgan fingerprint density at radius 1 is 0.364 bits per heavy atom. The van der Waals surface area contributed by atoms with Crippen LogP contribution in [0.15, 0.2) is 205 Å². The van der Waals surface area contributed by atoms with Crippen molar-refractivity contribution in [1.82, 2.24) is 0 Å². The summed E-state index contributed by atoms with van der Waals surface area (Å²) in [6, 6.07) is 72.1. The number of rotatable bonds is 6. The average Bonchev–Trinajstić information content (AvgIpc) is 3.84. The molecule has 0 amide bonds. The van der Waals surface area contributed by atoms with Crippen molar-refractivity contribution in [1.29, 1.82) is 0 Å². The Labute approximate surface area is 322 Å². The first-order valence-electron chi connectivity index (χ1n) is 18.7. The molecule has 2 heterocycles. The van der Waals surface area contributed by atoms with E-state index in [4.69, 9.17) is 4.42 Å². The molecular formula is C52H33NOS. The number of hydrogen-bond donors (Lipinski definition) is 0. The smallest absolute Gasteiger partial charge is 0.143 e. The van der Waals surface area contributed by atoms with Crippen LogP contribution in [0.25, 0.3) is 86.3 Å². The first kappa shape index (κ1) is 31.6. The van der Waals surface area contributed by atoms with Crippen molar-refractivity contribution in [2.45, 2.75) is 0 Å². The highest BCUT2D eigenvalue weighted by Crippen LogP contribution is 2.48. The molecule has 0 bridgehead atoms. The standard InChI is InChI=1S/C52H33NOS/c1-3-12-34(13-4-1)37-24-25-39-33-41(31-28-38(39)32-37)53(40-29-26-36(27-30-40)42-17-9-19-45-44-16-7-8-23-49(44)54-50(42)45)48-22-11-21-47-46-20-10-18-43(51(46)55-52(47)48)35-14-5-2-6-15-35/h1-33H. The average molecular weight is 720 g/mol. The van der Waals surface area contributed by atoms with Gasteiger partial charge < -0.3 is 9.32 Å². The van der Waals surface area contributed by atoms with Gasteiger partial charge in [-0.2, -0.15) is 0 Å². The quantitative estimate of drug-likeness (QED) is 0.170. The third-order valence-electron chi connectivity index (χ3n) is 10.9. The number of fused-ring (bicyclic) bond motifs is 7. The molecule has 0 spiro atoms. The highest BCUT2D eigenvalue weighted by molar-refractivity contribution is 7.27. The lowest BCUT2D eigenvalue weighted by Gasteiger charge is -2.26. The Balaban J connectivity index is 1.09. The zero-order chi connectivity index (χ0) is 36.3. The summed E-state index contributed by atoms with van der Waals surface area (Å²) in [6.07, 6.45) is 0. The molecule has 55 heavy (non-hydrogen) atoms. The summed E-state index contributed by atoms with van der Waals surface area (Å²) in [5, 5.41) is 7.24. The van der Waals surface area contributed by atoms with Crippen molar-refractivity contribution in [2.24, 2.45) is 0 Å². The van der Waals surface area contributed by atoms with Gasteiger partial charge in [0, 0.05) is 43.2 Å². The highest BCUT2D eigenvalue weighted by atomic mass is 32.1. The molecule has 0 atom stereocenters. The van der Waals surface area contributed by atoms with Gasteiger partial charge in [0.05, 0.1) is 10.4 Å². The number of para-hydroxylation sites is 2. The lowest BCUT2D eigenvalue weighted by Crippen LogP contribution is -2.10. The van der Waals surface area contributed by atoms with Crippen LogP contribution in [0.2, 0.25) is 0 Å². The van der Waals surface area contributed by atoms with E-state index in [1.54, 1.807) is 0 Å². The van der Waals surface area contributed by atoms with Crippen LogP contribution in [-0.4, -0.2) is 0 Å². The normalized spacial score (nSPS) is 11.6. The van der Waals surface area contributed by atoms with E-state index in [2.05, 4.69) is 193 Å². The van der Waals surface area contributed by atoms with E-state index >= 15 is 0 Å². The predicted octanol–water partition coefficient (Wildman–Crippen LogP) is 15.6. The minimum atomic E-state index is 0.909. The fourth-order valence-corrected chi connectivity index (χ4v) is 9.54. The van der Waals surface area contributed by atoms with Crippen LogP contribution in [0.5, 0.6) is 0 Å². The van der Waals surface area contributed by atoms with Crippen LogP contribution < -0.4 is 4.90 Å². The molecule has 2 nitrogen and oxygen atoms in total. The van der Waals surface area contributed by atoms with Gasteiger partial charge in [0.15, 0.2) is 0 Å². The van der Waals surface area contributed by atoms with Gasteiger partial charge in [0.25, 0.3) is 0 Å². The maximum atomic E-state index is 6.44. The molecule has 11 rings (SSSR count). The van der Waals surface area contributed by atoms with Crippen LogP contribution in [0, 0.1) is 0 Å². The Morgan fingerprint density at radius 3 is 1.76 bits per heavy atom. The van der Waals surface area contributed by atoms with E-state index in [0.717, 1.165) is 50.1 Å². The van der Waals surface area contributed by atoms with Crippen LogP contribution in [0.3, 0.4) is 0 Å². The molecule has 0 aliphatic carbocycles. The van der Waals surface area contributed by atoms with Crippen LogP contribution in [0.4, 0.5) is 17.1 Å². The Morgan fingerprint density at radius 2 is 0.945 bits per heavy atom. The monoisotopic (exact) mass is 719 g/mol. The largest absolute Gasteiger partial charge is 0.455 e. The minimum Gasteiger partial charge on any atom is -0.455 e. The van der Waals surface area contributed by atoms with Crippen molar-refractivity contribution in [3.05, 3.63) is 200 Å². The molecular weight excluding hydrogens is 687 g/mol. The molecule has 2 aromatic heterocycles. The molecule has 0 N–H and O–H groups in total. The van der Waals surface area contributed by atoms with Gasteiger partial charge in [0.2, 0.25) is 0 Å². The highest BCUT2D eigenvalue weighted by Gasteiger charge is 2.20. The number of thiophene rings is 1. The fraction of sp³-hybridized carbons (Fsp3) is 0. The van der Waals surface area contributed by atoms with Gasteiger partial charge >= 0.3 is 0 Å². The van der Waals surface area contributed by atoms with Crippen molar-refractivity contribution in [2.75, 3.05) is 4.90 Å². The number of nitrogens with zero attached hydrogens (tertiary/aromatic N) is 1. The van der Waals surface area contributed by atoms with E-state index in [0.29, 0.717) is 0 Å². The second kappa shape index (κ2) is 12.9. The number of hydrogen-bond acceptors (Lipinski definition) is 3. The molecule has 0 saturated carbocycles. The first-order chi connectivity index (χ1) is 27.3. The molecule has 0 aliphatic heterocycles. The SMILES string of the molecule is c1ccc(-c2ccc3cc(N(c4ccc(-c5cccc6c5oc5ccccc56)cc4)c4cccc5c4sc4c(-c6ccccc6)cccc45)ccc3c2)cc1. The summed E-state index contributed by atoms with van der Waals surface area (Å²) in [5.41, 5.74) is 12.3. The van der Waals surface area contributed by atoms with Crippen LogP contribution >= 0.6 is 11.3 Å². The van der Waals surface area contributed by atoms with Crippen molar-refractivity contribution in [3.8, 4) is 33.4 Å². The predicted molar refractivity (Wildman–Crippen MR) is 235 cm³/mol. The Kier molecular flexibility index (Phi) is 7.39. The van der Waals surface area contributed by atoms with Gasteiger partial charge in [-0.15, -0.1) is 11.3 Å². The molecule has 9 aromatic carbocycles. The molecule has 0 unspecified atom stereocenters. The zero-order valence-corrected chi connectivity index (χ0v) is 30.6. The topological polar surface area (TPSA) is 16.4 Å². The third-order valence-corrected chi connectivity index (χ3v) is 12.1. The minimum absolute atomic E-state index is 0.909. The fourth-order valence-electron chi connectivity index (χ4n) is 8.20. The molecule has 0 saturated heterocycles. The number of furan rings is 1. The summed E-state index contributed by atoms with van der Waals surface area (Å²) in [7, 11) is 0. The molecule has 11 aromatic rings. The zero-order valence-electron chi connectivity index (χ0n) is 29.8. The summed E-state index contributed by atoms with van der Waals surface area (Å²) in [4.78, 5) is 2.43. The maximum absolute atomic E-state index is 6.44. The van der Waals surface area contributed by atoms with Gasteiger partial charge in [-0.3, -0.25) is 0 Å². The van der Waals surface area contributed by atoms with Crippen molar-refractivity contribution < 1.29 is 4.42 Å². The second-order valence-electron chi connectivity index (χ2n) is 14.1. The van der Waals surface area contributed by atoms with Gasteiger partial charge in [-0.1, -0.05) is 158 Å². The maximum Gasteiger partial charge on any atom is 0.143 e. The van der Waals surface area contributed by atoms with E-state index in [-0.39, 0.29) is 0 Å². The Bertz CT molecular complexity index is 3190. The summed E-state index contributed by atoms with van der Waals surface area (Å²) in [5.74, 6) is 0. The van der Waals surface area contributed by atoms with Crippen molar-refractivity contribution in [3.63, 3.8) is 0 Å². The lowest BCUT2D eigenvalue weighted by molar-refractivity contribution is 0.670. The molecule has 3 heteroatoms. The second-order valence-corrected chi connectivity index (χ2v) is 15.1. The molecule has 258 valence electrons.